The number of esters is 1. The van der Waals surface area contributed by atoms with Gasteiger partial charge in [0.1, 0.15) is 5.69 Å². The van der Waals surface area contributed by atoms with Crippen LogP contribution in [0.1, 0.15) is 28.5 Å². The minimum atomic E-state index is -0.413. The summed E-state index contributed by atoms with van der Waals surface area (Å²) in [4.78, 5) is 17.2. The second-order valence-electron chi connectivity index (χ2n) is 6.55. The van der Waals surface area contributed by atoms with Crippen LogP contribution in [0.15, 0.2) is 72.9 Å². The lowest BCUT2D eigenvalue weighted by Crippen LogP contribution is -2.09. The molecule has 0 saturated carbocycles. The number of ether oxygens (including phenoxy) is 1. The maximum Gasteiger partial charge on any atom is 0.357 e. The predicted octanol–water partition coefficient (Wildman–Crippen LogP) is 4.35. The van der Waals surface area contributed by atoms with Crippen LogP contribution in [-0.4, -0.2) is 22.0 Å². The molecule has 2 aromatic carbocycles. The van der Waals surface area contributed by atoms with Crippen LogP contribution in [0, 0.1) is 0 Å². The Bertz CT molecular complexity index is 1120. The molecule has 0 saturated heterocycles. The molecule has 5 nitrogen and oxygen atoms in total. The molecule has 0 radical (unpaired) electrons. The standard InChI is InChI=1S/C23H21N3O2/c1-2-28-23(27)21-20(25-22-19(24)9-6-14-26(21)22)18-12-10-17(11-13-18)15-16-7-4-3-5-8-16/h3-14H,2,15,24H2,1H3. The molecule has 0 amide bonds. The summed E-state index contributed by atoms with van der Waals surface area (Å²) in [7, 11) is 0. The van der Waals surface area contributed by atoms with E-state index in [1.807, 2.05) is 30.3 Å². The molecule has 0 unspecified atom stereocenters. The van der Waals surface area contributed by atoms with Crippen molar-refractivity contribution >= 4 is 17.3 Å². The molecule has 5 heteroatoms. The minimum Gasteiger partial charge on any atom is -0.461 e. The average molecular weight is 371 g/mol. The van der Waals surface area contributed by atoms with E-state index in [1.165, 1.54) is 11.1 Å². The minimum absolute atomic E-state index is 0.295. The highest BCUT2D eigenvalue weighted by molar-refractivity contribution is 5.97. The molecule has 4 rings (SSSR count). The fourth-order valence-corrected chi connectivity index (χ4v) is 3.30. The Labute approximate surface area is 163 Å². The monoisotopic (exact) mass is 371 g/mol. The Hall–Kier alpha value is -3.60. The van der Waals surface area contributed by atoms with Gasteiger partial charge in [0.2, 0.25) is 0 Å². The summed E-state index contributed by atoms with van der Waals surface area (Å²) >= 11 is 0. The first-order valence-corrected chi connectivity index (χ1v) is 9.24. The van der Waals surface area contributed by atoms with Crippen molar-refractivity contribution in [3.8, 4) is 11.3 Å². The molecule has 0 aliphatic heterocycles. The number of pyridine rings is 1. The van der Waals surface area contributed by atoms with Crippen molar-refractivity contribution < 1.29 is 9.53 Å². The number of rotatable bonds is 5. The van der Waals surface area contributed by atoms with Crippen molar-refractivity contribution in [2.24, 2.45) is 0 Å². The molecule has 4 aromatic rings. The highest BCUT2D eigenvalue weighted by atomic mass is 16.5. The van der Waals surface area contributed by atoms with Crippen LogP contribution in [0.5, 0.6) is 0 Å². The zero-order chi connectivity index (χ0) is 19.5. The van der Waals surface area contributed by atoms with Gasteiger partial charge in [0.05, 0.1) is 12.3 Å². The van der Waals surface area contributed by atoms with Crippen molar-refractivity contribution in [1.82, 2.24) is 9.38 Å². The highest BCUT2D eigenvalue weighted by Gasteiger charge is 2.22. The number of aromatic nitrogens is 2. The molecule has 28 heavy (non-hydrogen) atoms. The Morgan fingerprint density at radius 3 is 2.43 bits per heavy atom. The van der Waals surface area contributed by atoms with E-state index in [4.69, 9.17) is 10.5 Å². The smallest absolute Gasteiger partial charge is 0.357 e. The maximum atomic E-state index is 12.6. The van der Waals surface area contributed by atoms with E-state index in [0.717, 1.165) is 12.0 Å². The van der Waals surface area contributed by atoms with Gasteiger partial charge in [-0.1, -0.05) is 54.6 Å². The van der Waals surface area contributed by atoms with Gasteiger partial charge in [0.15, 0.2) is 11.3 Å². The van der Waals surface area contributed by atoms with Gasteiger partial charge in [0, 0.05) is 11.8 Å². The molecule has 2 N–H and O–H groups in total. The SMILES string of the molecule is CCOC(=O)c1c(-c2ccc(Cc3ccccc3)cc2)nc2c(N)cccn12. The van der Waals surface area contributed by atoms with Crippen LogP contribution in [0.2, 0.25) is 0 Å². The largest absolute Gasteiger partial charge is 0.461 e. The van der Waals surface area contributed by atoms with Crippen LogP contribution in [0.3, 0.4) is 0 Å². The number of anilines is 1. The third kappa shape index (κ3) is 3.34. The van der Waals surface area contributed by atoms with Crippen LogP contribution in [0.4, 0.5) is 5.69 Å². The van der Waals surface area contributed by atoms with E-state index in [2.05, 4.69) is 29.2 Å². The average Bonchev–Trinajstić information content (AvgIpc) is 3.11. The number of fused-ring (bicyclic) bond motifs is 1. The maximum absolute atomic E-state index is 12.6. The highest BCUT2D eigenvalue weighted by Crippen LogP contribution is 2.28. The molecule has 0 aliphatic rings. The number of nitrogens with two attached hydrogens (primary N) is 1. The number of nitrogen functional groups attached to an aromatic ring is 1. The summed E-state index contributed by atoms with van der Waals surface area (Å²) in [6.45, 7) is 2.08. The zero-order valence-electron chi connectivity index (χ0n) is 15.6. The molecular formula is C23H21N3O2. The third-order valence-electron chi connectivity index (χ3n) is 4.63. The molecule has 2 heterocycles. The molecule has 0 aliphatic carbocycles. The first-order chi connectivity index (χ1) is 13.7. The first-order valence-electron chi connectivity index (χ1n) is 9.24. The molecule has 0 atom stereocenters. The van der Waals surface area contributed by atoms with E-state index in [9.17, 15) is 4.79 Å². The summed E-state index contributed by atoms with van der Waals surface area (Å²) < 4.78 is 6.95. The second kappa shape index (κ2) is 7.56. The Morgan fingerprint density at radius 1 is 1.00 bits per heavy atom. The topological polar surface area (TPSA) is 69.6 Å². The molecule has 140 valence electrons. The number of carbonyl (C=O) groups excluding carboxylic acids is 1. The lowest BCUT2D eigenvalue weighted by molar-refractivity contribution is 0.0519. The summed E-state index contributed by atoms with van der Waals surface area (Å²) in [5.74, 6) is -0.413. The molecular weight excluding hydrogens is 350 g/mol. The summed E-state index contributed by atoms with van der Waals surface area (Å²) in [5.41, 5.74) is 11.4. The van der Waals surface area contributed by atoms with Gasteiger partial charge in [-0.25, -0.2) is 9.78 Å². The van der Waals surface area contributed by atoms with Gasteiger partial charge in [-0.05, 0) is 36.6 Å². The second-order valence-corrected chi connectivity index (χ2v) is 6.55. The number of hydrogen-bond acceptors (Lipinski definition) is 4. The first kappa shape index (κ1) is 17.8. The van der Waals surface area contributed by atoms with Crippen molar-refractivity contribution in [2.45, 2.75) is 13.3 Å². The summed E-state index contributed by atoms with van der Waals surface area (Å²) in [5, 5.41) is 0. The van der Waals surface area contributed by atoms with Gasteiger partial charge in [-0.15, -0.1) is 0 Å². The lowest BCUT2D eigenvalue weighted by atomic mass is 10.0. The van der Waals surface area contributed by atoms with Crippen LogP contribution in [-0.2, 0) is 11.2 Å². The summed E-state index contributed by atoms with van der Waals surface area (Å²) in [6, 6.07) is 22.0. The molecule has 0 bridgehead atoms. The van der Waals surface area contributed by atoms with Gasteiger partial charge >= 0.3 is 5.97 Å². The number of imidazole rings is 1. The molecule has 0 spiro atoms. The van der Waals surface area contributed by atoms with Crippen LogP contribution in [0.25, 0.3) is 16.9 Å². The third-order valence-corrected chi connectivity index (χ3v) is 4.63. The van der Waals surface area contributed by atoms with Crippen LogP contribution >= 0.6 is 0 Å². The number of hydrogen-bond donors (Lipinski definition) is 1. The lowest BCUT2D eigenvalue weighted by Gasteiger charge is -2.06. The number of carbonyl (C=O) groups is 1. The van der Waals surface area contributed by atoms with Crippen LogP contribution < -0.4 is 5.73 Å². The Morgan fingerprint density at radius 2 is 1.71 bits per heavy atom. The van der Waals surface area contributed by atoms with Gasteiger partial charge in [-0.2, -0.15) is 0 Å². The van der Waals surface area contributed by atoms with E-state index >= 15 is 0 Å². The van der Waals surface area contributed by atoms with Crippen molar-refractivity contribution in [3.05, 3.63) is 89.7 Å². The van der Waals surface area contributed by atoms with E-state index in [0.29, 0.717) is 29.3 Å². The molecule has 0 fully saturated rings. The fourth-order valence-electron chi connectivity index (χ4n) is 3.30. The quantitative estimate of drug-likeness (QED) is 0.530. The van der Waals surface area contributed by atoms with E-state index < -0.39 is 5.97 Å². The fraction of sp³-hybridized carbons (Fsp3) is 0.130. The van der Waals surface area contributed by atoms with E-state index in [1.54, 1.807) is 29.7 Å². The molecule has 2 aromatic heterocycles. The number of nitrogens with zero attached hydrogens (tertiary/aromatic N) is 2. The Balaban J connectivity index is 1.75. The predicted molar refractivity (Wildman–Crippen MR) is 110 cm³/mol. The number of benzene rings is 2. The van der Waals surface area contributed by atoms with E-state index in [-0.39, 0.29) is 0 Å². The Kier molecular flexibility index (Phi) is 4.81. The van der Waals surface area contributed by atoms with Gasteiger partial charge in [0.25, 0.3) is 0 Å². The zero-order valence-corrected chi connectivity index (χ0v) is 15.6. The van der Waals surface area contributed by atoms with Crippen molar-refractivity contribution in [2.75, 3.05) is 12.3 Å². The summed E-state index contributed by atoms with van der Waals surface area (Å²) in [6.07, 6.45) is 2.63. The normalized spacial score (nSPS) is 10.9. The van der Waals surface area contributed by atoms with Gasteiger partial charge < -0.3 is 10.5 Å². The van der Waals surface area contributed by atoms with Crippen molar-refractivity contribution in [1.29, 1.82) is 0 Å². The van der Waals surface area contributed by atoms with Crippen molar-refractivity contribution in [3.63, 3.8) is 0 Å². The van der Waals surface area contributed by atoms with Gasteiger partial charge in [-0.3, -0.25) is 4.40 Å².